The lowest BCUT2D eigenvalue weighted by atomic mass is 10.3. The van der Waals surface area contributed by atoms with Gasteiger partial charge in [-0.25, -0.2) is 5.43 Å². The Kier molecular flexibility index (Phi) is 5.41. The molecular weight excluding hydrogens is 360 g/mol. The van der Waals surface area contributed by atoms with Crippen LogP contribution in [0.1, 0.15) is 11.3 Å². The number of rotatable bonds is 5. The first-order chi connectivity index (χ1) is 10.1. The normalized spacial score (nSPS) is 10.8. The van der Waals surface area contributed by atoms with Crippen molar-refractivity contribution in [3.8, 4) is 5.75 Å². The molecule has 5 nitrogen and oxygen atoms in total. The summed E-state index contributed by atoms with van der Waals surface area (Å²) in [4.78, 5) is 11.6. The number of benzene rings is 1. The maximum absolute atomic E-state index is 11.6. The number of carbonyl (C=O) groups is 1. The van der Waals surface area contributed by atoms with Crippen LogP contribution in [-0.4, -0.2) is 18.7 Å². The highest BCUT2D eigenvalue weighted by atomic mass is 79.9. The number of furan rings is 1. The van der Waals surface area contributed by atoms with E-state index in [4.69, 9.17) is 20.8 Å². The second-order valence-corrected chi connectivity index (χ2v) is 5.42. The van der Waals surface area contributed by atoms with Gasteiger partial charge >= 0.3 is 0 Å². The molecule has 7 heteroatoms. The standard InChI is InChI=1S/C14H12BrClN2O3/c1-9-4-5-20-13(9)7-17-18-14(19)8-21-12-3-2-10(16)6-11(12)15/h2-7H,8H2,1H3,(H,18,19). The van der Waals surface area contributed by atoms with E-state index in [0.29, 0.717) is 21.0 Å². The van der Waals surface area contributed by atoms with Crippen LogP contribution in [0.25, 0.3) is 0 Å². The van der Waals surface area contributed by atoms with E-state index in [9.17, 15) is 4.79 Å². The molecule has 0 atom stereocenters. The third-order valence-corrected chi connectivity index (χ3v) is 3.38. The molecule has 2 aromatic rings. The van der Waals surface area contributed by atoms with Gasteiger partial charge in [0, 0.05) is 5.02 Å². The molecule has 0 aliphatic carbocycles. The minimum atomic E-state index is -0.377. The van der Waals surface area contributed by atoms with Crippen LogP contribution in [0.15, 0.2) is 44.5 Å². The SMILES string of the molecule is Cc1ccoc1C=NNC(=O)COc1ccc(Cl)cc1Br. The number of nitrogens with zero attached hydrogens (tertiary/aromatic N) is 1. The Balaban J connectivity index is 1.82. The fraction of sp³-hybridized carbons (Fsp3) is 0.143. The van der Waals surface area contributed by atoms with Crippen LogP contribution in [0, 0.1) is 6.92 Å². The Morgan fingerprint density at radius 2 is 2.33 bits per heavy atom. The van der Waals surface area contributed by atoms with E-state index in [1.54, 1.807) is 24.5 Å². The average Bonchev–Trinajstić information content (AvgIpc) is 2.83. The van der Waals surface area contributed by atoms with Crippen LogP contribution in [0.4, 0.5) is 0 Å². The molecule has 110 valence electrons. The number of carbonyl (C=O) groups excluding carboxylic acids is 1. The second kappa shape index (κ2) is 7.28. The minimum absolute atomic E-state index is 0.158. The quantitative estimate of drug-likeness (QED) is 0.646. The zero-order valence-corrected chi connectivity index (χ0v) is 13.4. The molecule has 1 aromatic carbocycles. The molecule has 0 saturated heterocycles. The molecule has 0 fully saturated rings. The summed E-state index contributed by atoms with van der Waals surface area (Å²) in [6, 6.07) is 6.85. The number of nitrogens with one attached hydrogen (secondary N) is 1. The minimum Gasteiger partial charge on any atom is -0.483 e. The summed E-state index contributed by atoms with van der Waals surface area (Å²) in [5.74, 6) is 0.745. The van der Waals surface area contributed by atoms with Gasteiger partial charge in [0.2, 0.25) is 0 Å². The number of hydrogen-bond donors (Lipinski definition) is 1. The van der Waals surface area contributed by atoms with Crippen LogP contribution in [0.5, 0.6) is 5.75 Å². The highest BCUT2D eigenvalue weighted by Gasteiger charge is 2.05. The smallest absolute Gasteiger partial charge is 0.277 e. The Labute approximate surface area is 135 Å². The molecule has 0 spiro atoms. The van der Waals surface area contributed by atoms with Gasteiger partial charge in [-0.2, -0.15) is 5.10 Å². The predicted molar refractivity (Wildman–Crippen MR) is 83.8 cm³/mol. The molecule has 0 bridgehead atoms. The van der Waals surface area contributed by atoms with Gasteiger partial charge in [0.1, 0.15) is 11.5 Å². The lowest BCUT2D eigenvalue weighted by Crippen LogP contribution is -2.24. The van der Waals surface area contributed by atoms with Gasteiger partial charge in [-0.15, -0.1) is 0 Å². The van der Waals surface area contributed by atoms with Crippen molar-refractivity contribution in [3.05, 3.63) is 51.3 Å². The highest BCUT2D eigenvalue weighted by molar-refractivity contribution is 9.10. The summed E-state index contributed by atoms with van der Waals surface area (Å²) in [5, 5.41) is 4.37. The summed E-state index contributed by atoms with van der Waals surface area (Å²) in [5.41, 5.74) is 3.29. The van der Waals surface area contributed by atoms with Gasteiger partial charge in [0.15, 0.2) is 6.61 Å². The maximum Gasteiger partial charge on any atom is 0.277 e. The largest absolute Gasteiger partial charge is 0.483 e. The molecule has 0 aliphatic heterocycles. The molecule has 1 heterocycles. The number of hydrazone groups is 1. The first-order valence-corrected chi connectivity index (χ1v) is 7.17. The van der Waals surface area contributed by atoms with Crippen LogP contribution >= 0.6 is 27.5 Å². The second-order valence-electron chi connectivity index (χ2n) is 4.12. The summed E-state index contributed by atoms with van der Waals surface area (Å²) >= 11 is 9.12. The molecule has 21 heavy (non-hydrogen) atoms. The highest BCUT2D eigenvalue weighted by Crippen LogP contribution is 2.27. The maximum atomic E-state index is 11.6. The van der Waals surface area contributed by atoms with E-state index in [0.717, 1.165) is 5.56 Å². The fourth-order valence-electron chi connectivity index (χ4n) is 1.45. The third kappa shape index (κ3) is 4.61. The number of halogens is 2. The Morgan fingerprint density at radius 1 is 1.52 bits per heavy atom. The van der Waals surface area contributed by atoms with Gasteiger partial charge in [-0.05, 0) is 52.7 Å². The zero-order valence-electron chi connectivity index (χ0n) is 11.1. The predicted octanol–water partition coefficient (Wildman–Crippen LogP) is 3.53. The van der Waals surface area contributed by atoms with E-state index in [1.807, 2.05) is 13.0 Å². The lowest BCUT2D eigenvalue weighted by Gasteiger charge is -2.07. The van der Waals surface area contributed by atoms with Gasteiger partial charge in [0.05, 0.1) is 17.0 Å². The number of hydrogen-bond acceptors (Lipinski definition) is 4. The van der Waals surface area contributed by atoms with Gasteiger partial charge < -0.3 is 9.15 Å². The molecule has 0 radical (unpaired) electrons. The van der Waals surface area contributed by atoms with E-state index in [-0.39, 0.29) is 12.5 Å². The van der Waals surface area contributed by atoms with Crippen molar-refractivity contribution in [1.29, 1.82) is 0 Å². The molecule has 0 saturated carbocycles. The van der Waals surface area contributed by atoms with Crippen molar-refractivity contribution >= 4 is 39.7 Å². The lowest BCUT2D eigenvalue weighted by molar-refractivity contribution is -0.123. The fourth-order valence-corrected chi connectivity index (χ4v) is 2.24. The number of ether oxygens (including phenoxy) is 1. The molecule has 0 aliphatic rings. The molecule has 0 unspecified atom stereocenters. The van der Waals surface area contributed by atoms with Gasteiger partial charge in [-0.3, -0.25) is 4.79 Å². The van der Waals surface area contributed by atoms with E-state index in [1.165, 1.54) is 6.21 Å². The number of aryl methyl sites for hydroxylation is 1. The van der Waals surface area contributed by atoms with Crippen molar-refractivity contribution in [2.45, 2.75) is 6.92 Å². The number of amides is 1. The molecule has 1 aromatic heterocycles. The average molecular weight is 372 g/mol. The van der Waals surface area contributed by atoms with Crippen molar-refractivity contribution in [2.24, 2.45) is 5.10 Å². The van der Waals surface area contributed by atoms with Crippen molar-refractivity contribution < 1.29 is 13.9 Å². The third-order valence-electron chi connectivity index (χ3n) is 2.53. The monoisotopic (exact) mass is 370 g/mol. The van der Waals surface area contributed by atoms with E-state index < -0.39 is 0 Å². The summed E-state index contributed by atoms with van der Waals surface area (Å²) in [6.45, 7) is 1.72. The Bertz CT molecular complexity index is 670. The molecule has 1 amide bonds. The summed E-state index contributed by atoms with van der Waals surface area (Å²) in [6.07, 6.45) is 2.99. The van der Waals surface area contributed by atoms with Crippen LogP contribution in [0.3, 0.4) is 0 Å². The van der Waals surface area contributed by atoms with Crippen LogP contribution < -0.4 is 10.2 Å². The zero-order chi connectivity index (χ0) is 15.2. The molecule has 2 rings (SSSR count). The van der Waals surface area contributed by atoms with Crippen molar-refractivity contribution in [3.63, 3.8) is 0 Å². The van der Waals surface area contributed by atoms with Crippen LogP contribution in [0.2, 0.25) is 5.02 Å². The van der Waals surface area contributed by atoms with Gasteiger partial charge in [-0.1, -0.05) is 11.6 Å². The Hall–Kier alpha value is -1.79. The first kappa shape index (κ1) is 15.6. The topological polar surface area (TPSA) is 63.8 Å². The van der Waals surface area contributed by atoms with E-state index in [2.05, 4.69) is 26.5 Å². The summed E-state index contributed by atoms with van der Waals surface area (Å²) in [7, 11) is 0. The Morgan fingerprint density at radius 3 is 3.00 bits per heavy atom. The van der Waals surface area contributed by atoms with Gasteiger partial charge in [0.25, 0.3) is 5.91 Å². The summed E-state index contributed by atoms with van der Waals surface area (Å²) < 4.78 is 11.2. The first-order valence-electron chi connectivity index (χ1n) is 6.00. The molecule has 1 N–H and O–H groups in total. The molecular formula is C14H12BrClN2O3. The van der Waals surface area contributed by atoms with Crippen molar-refractivity contribution in [1.82, 2.24) is 5.43 Å². The van der Waals surface area contributed by atoms with Crippen molar-refractivity contribution in [2.75, 3.05) is 6.61 Å². The van der Waals surface area contributed by atoms with Crippen LogP contribution in [-0.2, 0) is 4.79 Å². The van der Waals surface area contributed by atoms with E-state index >= 15 is 0 Å².